The van der Waals surface area contributed by atoms with E-state index >= 15 is 0 Å². The molecule has 0 amide bonds. The van der Waals surface area contributed by atoms with Gasteiger partial charge in [-0.2, -0.15) is 4.98 Å². The Balaban J connectivity index is 2.58. The molecule has 0 saturated carbocycles. The van der Waals surface area contributed by atoms with Crippen molar-refractivity contribution in [3.63, 3.8) is 0 Å². The Morgan fingerprint density at radius 1 is 1.27 bits per heavy atom. The van der Waals surface area contributed by atoms with Gasteiger partial charge in [-0.15, -0.1) is 0 Å². The number of nitrogens with zero attached hydrogens (tertiary/aromatic N) is 2. The standard InChI is InChI=1S/C9H7F2N3O/c1-4-2-5(7(11)3-6(4)10)8-13-9(12)14-15-8/h2-3H,1H3,(H2,12,14). The molecule has 0 aliphatic rings. The van der Waals surface area contributed by atoms with Crippen molar-refractivity contribution in [3.8, 4) is 11.5 Å². The Labute approximate surface area is 83.7 Å². The number of nitrogens with two attached hydrogens (primary N) is 1. The van der Waals surface area contributed by atoms with E-state index in [-0.39, 0.29) is 17.4 Å². The molecular formula is C9H7F2N3O. The van der Waals surface area contributed by atoms with Gasteiger partial charge < -0.3 is 10.3 Å². The summed E-state index contributed by atoms with van der Waals surface area (Å²) < 4.78 is 30.9. The lowest BCUT2D eigenvalue weighted by Crippen LogP contribution is -1.91. The Kier molecular flexibility index (Phi) is 2.11. The van der Waals surface area contributed by atoms with Gasteiger partial charge in [-0.3, -0.25) is 0 Å². The minimum absolute atomic E-state index is 0.0399. The van der Waals surface area contributed by atoms with Gasteiger partial charge in [0.25, 0.3) is 11.8 Å². The van der Waals surface area contributed by atoms with E-state index in [0.29, 0.717) is 5.56 Å². The van der Waals surface area contributed by atoms with Gasteiger partial charge in [-0.1, -0.05) is 0 Å². The largest absolute Gasteiger partial charge is 0.365 e. The molecule has 0 bridgehead atoms. The van der Waals surface area contributed by atoms with Crippen LogP contribution >= 0.6 is 0 Å². The molecule has 0 fully saturated rings. The number of hydrogen-bond acceptors (Lipinski definition) is 4. The van der Waals surface area contributed by atoms with Gasteiger partial charge in [0.1, 0.15) is 11.6 Å². The predicted molar refractivity (Wildman–Crippen MR) is 48.8 cm³/mol. The second kappa shape index (κ2) is 3.30. The van der Waals surface area contributed by atoms with Crippen LogP contribution in [0, 0.1) is 18.6 Å². The summed E-state index contributed by atoms with van der Waals surface area (Å²) in [5, 5.41) is 3.32. The first-order valence-electron chi connectivity index (χ1n) is 4.13. The van der Waals surface area contributed by atoms with E-state index in [1.54, 1.807) is 0 Å². The van der Waals surface area contributed by atoms with Crippen molar-refractivity contribution < 1.29 is 13.3 Å². The zero-order valence-corrected chi connectivity index (χ0v) is 7.79. The number of anilines is 1. The number of benzene rings is 1. The first-order valence-corrected chi connectivity index (χ1v) is 4.13. The van der Waals surface area contributed by atoms with Gasteiger partial charge in [-0.05, 0) is 23.7 Å². The van der Waals surface area contributed by atoms with E-state index in [9.17, 15) is 8.78 Å². The van der Waals surface area contributed by atoms with Crippen LogP contribution in [0.2, 0.25) is 0 Å². The van der Waals surface area contributed by atoms with Crippen LogP contribution in [-0.4, -0.2) is 10.1 Å². The Morgan fingerprint density at radius 3 is 2.60 bits per heavy atom. The van der Waals surface area contributed by atoms with Gasteiger partial charge in [0.05, 0.1) is 5.56 Å². The molecule has 0 radical (unpaired) electrons. The molecule has 0 unspecified atom stereocenters. The summed E-state index contributed by atoms with van der Waals surface area (Å²) >= 11 is 0. The summed E-state index contributed by atoms with van der Waals surface area (Å²) in [7, 11) is 0. The summed E-state index contributed by atoms with van der Waals surface area (Å²) in [5.74, 6) is -1.54. The van der Waals surface area contributed by atoms with Crippen molar-refractivity contribution in [2.24, 2.45) is 0 Å². The number of rotatable bonds is 1. The zero-order valence-electron chi connectivity index (χ0n) is 7.79. The maximum absolute atomic E-state index is 13.3. The molecule has 15 heavy (non-hydrogen) atoms. The van der Waals surface area contributed by atoms with E-state index < -0.39 is 11.6 Å². The Bertz CT molecular complexity index is 510. The van der Waals surface area contributed by atoms with Gasteiger partial charge in [-0.25, -0.2) is 8.78 Å². The lowest BCUT2D eigenvalue weighted by atomic mass is 10.1. The quantitative estimate of drug-likeness (QED) is 0.782. The minimum atomic E-state index is -0.762. The maximum atomic E-state index is 13.3. The highest BCUT2D eigenvalue weighted by atomic mass is 19.1. The molecule has 2 aromatic rings. The van der Waals surface area contributed by atoms with Crippen LogP contribution in [-0.2, 0) is 0 Å². The molecular weight excluding hydrogens is 204 g/mol. The van der Waals surface area contributed by atoms with Crippen LogP contribution in [0.5, 0.6) is 0 Å². The molecule has 1 aromatic heterocycles. The minimum Gasteiger partial charge on any atom is -0.365 e. The first-order chi connectivity index (χ1) is 7.08. The highest BCUT2D eigenvalue weighted by molar-refractivity contribution is 5.56. The molecule has 0 spiro atoms. The molecule has 0 saturated heterocycles. The van der Waals surface area contributed by atoms with Gasteiger partial charge in [0, 0.05) is 6.07 Å². The van der Waals surface area contributed by atoms with Crippen molar-refractivity contribution in [1.82, 2.24) is 10.1 Å². The third-order valence-electron chi connectivity index (χ3n) is 1.92. The van der Waals surface area contributed by atoms with Crippen LogP contribution in [0.1, 0.15) is 5.56 Å². The lowest BCUT2D eigenvalue weighted by Gasteiger charge is -2.00. The number of halogens is 2. The van der Waals surface area contributed by atoms with E-state index in [1.807, 2.05) is 0 Å². The summed E-state index contributed by atoms with van der Waals surface area (Å²) in [5.41, 5.74) is 5.56. The summed E-state index contributed by atoms with van der Waals surface area (Å²) in [4.78, 5) is 3.65. The molecule has 0 atom stereocenters. The average molecular weight is 211 g/mol. The van der Waals surface area contributed by atoms with Crippen molar-refractivity contribution in [2.45, 2.75) is 6.92 Å². The number of aryl methyl sites for hydroxylation is 1. The molecule has 4 nitrogen and oxygen atoms in total. The van der Waals surface area contributed by atoms with Crippen LogP contribution < -0.4 is 5.73 Å². The fourth-order valence-corrected chi connectivity index (χ4v) is 1.17. The average Bonchev–Trinajstić information content (AvgIpc) is 2.58. The SMILES string of the molecule is Cc1cc(-c2nc(N)no2)c(F)cc1F. The molecule has 0 aliphatic heterocycles. The van der Waals surface area contributed by atoms with Gasteiger partial charge in [0.2, 0.25) is 0 Å². The van der Waals surface area contributed by atoms with Crippen molar-refractivity contribution in [2.75, 3.05) is 5.73 Å². The van der Waals surface area contributed by atoms with Crippen LogP contribution in [0.3, 0.4) is 0 Å². The smallest absolute Gasteiger partial charge is 0.262 e. The number of aromatic nitrogens is 2. The molecule has 2 rings (SSSR count). The van der Waals surface area contributed by atoms with Crippen molar-refractivity contribution >= 4 is 5.95 Å². The van der Waals surface area contributed by atoms with E-state index in [0.717, 1.165) is 6.07 Å². The van der Waals surface area contributed by atoms with Crippen molar-refractivity contribution in [1.29, 1.82) is 0 Å². The lowest BCUT2D eigenvalue weighted by molar-refractivity contribution is 0.430. The normalized spacial score (nSPS) is 10.6. The fourth-order valence-electron chi connectivity index (χ4n) is 1.17. The molecule has 2 N–H and O–H groups in total. The van der Waals surface area contributed by atoms with Crippen molar-refractivity contribution in [3.05, 3.63) is 29.3 Å². The van der Waals surface area contributed by atoms with E-state index in [2.05, 4.69) is 14.7 Å². The second-order valence-corrected chi connectivity index (χ2v) is 3.04. The number of nitrogen functional groups attached to an aromatic ring is 1. The highest BCUT2D eigenvalue weighted by Crippen LogP contribution is 2.24. The fraction of sp³-hybridized carbons (Fsp3) is 0.111. The van der Waals surface area contributed by atoms with Crippen LogP contribution in [0.25, 0.3) is 11.5 Å². The molecule has 6 heteroatoms. The highest BCUT2D eigenvalue weighted by Gasteiger charge is 2.14. The Morgan fingerprint density at radius 2 is 2.00 bits per heavy atom. The second-order valence-electron chi connectivity index (χ2n) is 3.04. The zero-order chi connectivity index (χ0) is 11.0. The maximum Gasteiger partial charge on any atom is 0.262 e. The van der Waals surface area contributed by atoms with Crippen LogP contribution in [0.15, 0.2) is 16.7 Å². The third kappa shape index (κ3) is 1.65. The molecule has 1 aromatic carbocycles. The first kappa shape index (κ1) is 9.57. The van der Waals surface area contributed by atoms with E-state index in [1.165, 1.54) is 13.0 Å². The predicted octanol–water partition coefficient (Wildman–Crippen LogP) is 1.91. The molecule has 78 valence electrons. The molecule has 1 heterocycles. The topological polar surface area (TPSA) is 64.9 Å². The monoisotopic (exact) mass is 211 g/mol. The van der Waals surface area contributed by atoms with Crippen LogP contribution in [0.4, 0.5) is 14.7 Å². The summed E-state index contributed by atoms with van der Waals surface area (Å²) in [6, 6.07) is 2.06. The molecule has 0 aliphatic carbocycles. The van der Waals surface area contributed by atoms with Gasteiger partial charge in [0.15, 0.2) is 0 Å². The number of hydrogen-bond donors (Lipinski definition) is 1. The van der Waals surface area contributed by atoms with Gasteiger partial charge >= 0.3 is 0 Å². The summed E-state index contributed by atoms with van der Waals surface area (Å²) in [6.45, 7) is 1.51. The summed E-state index contributed by atoms with van der Waals surface area (Å²) in [6.07, 6.45) is 0. The van der Waals surface area contributed by atoms with E-state index in [4.69, 9.17) is 5.73 Å². The third-order valence-corrected chi connectivity index (χ3v) is 1.92. The Hall–Kier alpha value is -1.98.